The summed E-state index contributed by atoms with van der Waals surface area (Å²) in [7, 11) is 3.16. The number of ether oxygens (including phenoxy) is 3. The molecular formula is C20H22O4. The molecule has 0 spiro atoms. The van der Waals surface area contributed by atoms with Crippen LogP contribution in [0.1, 0.15) is 30.9 Å². The zero-order chi connectivity index (χ0) is 17.5. The Kier molecular flexibility index (Phi) is 6.01. The quantitative estimate of drug-likeness (QED) is 0.447. The topological polar surface area (TPSA) is 44.8 Å². The van der Waals surface area contributed by atoms with Crippen LogP contribution in [0.3, 0.4) is 0 Å². The van der Waals surface area contributed by atoms with Gasteiger partial charge in [0.1, 0.15) is 17.2 Å². The Hall–Kier alpha value is -2.75. The monoisotopic (exact) mass is 326 g/mol. The highest BCUT2D eigenvalue weighted by molar-refractivity contribution is 5.89. The largest absolute Gasteiger partial charge is 0.497 e. The summed E-state index contributed by atoms with van der Waals surface area (Å²) in [4.78, 5) is 12.0. The van der Waals surface area contributed by atoms with E-state index < -0.39 is 5.97 Å². The van der Waals surface area contributed by atoms with E-state index in [0.29, 0.717) is 23.2 Å². The van der Waals surface area contributed by atoms with Crippen molar-refractivity contribution in [2.45, 2.75) is 19.8 Å². The third-order valence-corrected chi connectivity index (χ3v) is 3.60. The highest BCUT2D eigenvalue weighted by Gasteiger charge is 2.05. The van der Waals surface area contributed by atoms with Crippen molar-refractivity contribution in [1.29, 1.82) is 0 Å². The molecule has 0 amide bonds. The molecule has 0 radical (unpaired) electrons. The van der Waals surface area contributed by atoms with Crippen molar-refractivity contribution in [2.24, 2.45) is 0 Å². The maximum Gasteiger partial charge on any atom is 0.336 e. The molecule has 0 aliphatic heterocycles. The standard InChI is InChI=1S/C20H22O4/c1-14(2)15-5-9-17(10-6-15)24-20(21)12-8-16-7-11-18(22-3)13-19(16)23-4/h5-14H,1-4H3. The first-order valence-electron chi connectivity index (χ1n) is 7.75. The van der Waals surface area contributed by atoms with Crippen molar-refractivity contribution in [3.05, 3.63) is 59.7 Å². The van der Waals surface area contributed by atoms with E-state index in [-0.39, 0.29) is 0 Å². The zero-order valence-corrected chi connectivity index (χ0v) is 14.4. The van der Waals surface area contributed by atoms with E-state index in [1.54, 1.807) is 44.6 Å². The number of rotatable bonds is 6. The van der Waals surface area contributed by atoms with E-state index in [1.165, 1.54) is 11.6 Å². The van der Waals surface area contributed by atoms with Crippen molar-refractivity contribution in [2.75, 3.05) is 14.2 Å². The van der Waals surface area contributed by atoms with Gasteiger partial charge in [-0.3, -0.25) is 0 Å². The Labute approximate surface area is 142 Å². The van der Waals surface area contributed by atoms with Crippen molar-refractivity contribution in [3.8, 4) is 17.2 Å². The molecule has 2 aromatic rings. The predicted octanol–water partition coefficient (Wildman–Crippen LogP) is 4.45. The molecule has 0 aromatic heterocycles. The summed E-state index contributed by atoms with van der Waals surface area (Å²) in [6.07, 6.45) is 3.03. The molecule has 0 atom stereocenters. The van der Waals surface area contributed by atoms with Crippen LogP contribution in [0.4, 0.5) is 0 Å². The fourth-order valence-electron chi connectivity index (χ4n) is 2.18. The van der Waals surface area contributed by atoms with Gasteiger partial charge in [0.15, 0.2) is 0 Å². The number of carbonyl (C=O) groups is 1. The first kappa shape index (κ1) is 17.6. The fraction of sp³-hybridized carbons (Fsp3) is 0.250. The average Bonchev–Trinajstić information content (AvgIpc) is 2.60. The molecule has 0 aliphatic carbocycles. The number of methoxy groups -OCH3 is 2. The Morgan fingerprint density at radius 2 is 1.62 bits per heavy atom. The van der Waals surface area contributed by atoms with Crippen LogP contribution >= 0.6 is 0 Å². The molecular weight excluding hydrogens is 304 g/mol. The fourth-order valence-corrected chi connectivity index (χ4v) is 2.18. The normalized spacial score (nSPS) is 10.9. The molecule has 24 heavy (non-hydrogen) atoms. The van der Waals surface area contributed by atoms with E-state index in [9.17, 15) is 4.79 Å². The van der Waals surface area contributed by atoms with Crippen LogP contribution in [-0.4, -0.2) is 20.2 Å². The zero-order valence-electron chi connectivity index (χ0n) is 14.4. The molecule has 0 N–H and O–H groups in total. The molecule has 0 saturated heterocycles. The Bertz CT molecular complexity index is 715. The average molecular weight is 326 g/mol. The van der Waals surface area contributed by atoms with Gasteiger partial charge in [-0.05, 0) is 41.8 Å². The molecule has 0 fully saturated rings. The lowest BCUT2D eigenvalue weighted by molar-refractivity contribution is -0.128. The SMILES string of the molecule is COc1ccc(C=CC(=O)Oc2ccc(C(C)C)cc2)c(OC)c1. The number of benzene rings is 2. The number of hydrogen-bond acceptors (Lipinski definition) is 4. The van der Waals surface area contributed by atoms with Gasteiger partial charge in [0.2, 0.25) is 0 Å². The van der Waals surface area contributed by atoms with Crippen LogP contribution in [0, 0.1) is 0 Å². The van der Waals surface area contributed by atoms with Crippen LogP contribution in [0.15, 0.2) is 48.5 Å². The van der Waals surface area contributed by atoms with Gasteiger partial charge in [-0.1, -0.05) is 26.0 Å². The Balaban J connectivity index is 2.05. The molecule has 0 bridgehead atoms. The molecule has 126 valence electrons. The molecule has 2 rings (SSSR count). The Morgan fingerprint density at radius 3 is 2.21 bits per heavy atom. The molecule has 2 aromatic carbocycles. The maximum absolute atomic E-state index is 12.0. The van der Waals surface area contributed by atoms with Gasteiger partial charge < -0.3 is 14.2 Å². The van der Waals surface area contributed by atoms with Crippen molar-refractivity contribution < 1.29 is 19.0 Å². The summed E-state index contributed by atoms with van der Waals surface area (Å²) >= 11 is 0. The van der Waals surface area contributed by atoms with Crippen molar-refractivity contribution >= 4 is 12.0 Å². The lowest BCUT2D eigenvalue weighted by Gasteiger charge is -2.08. The number of esters is 1. The van der Waals surface area contributed by atoms with Crippen LogP contribution in [-0.2, 0) is 4.79 Å². The lowest BCUT2D eigenvalue weighted by Crippen LogP contribution is -2.03. The Morgan fingerprint density at radius 1 is 0.958 bits per heavy atom. The molecule has 0 aliphatic rings. The van der Waals surface area contributed by atoms with Crippen LogP contribution in [0.25, 0.3) is 6.08 Å². The summed E-state index contributed by atoms with van der Waals surface area (Å²) < 4.78 is 15.7. The highest BCUT2D eigenvalue weighted by atomic mass is 16.5. The lowest BCUT2D eigenvalue weighted by atomic mass is 10.0. The third-order valence-electron chi connectivity index (χ3n) is 3.60. The van der Waals surface area contributed by atoms with Crippen LogP contribution in [0.2, 0.25) is 0 Å². The van der Waals surface area contributed by atoms with E-state index >= 15 is 0 Å². The molecule has 0 saturated carbocycles. The van der Waals surface area contributed by atoms with Crippen LogP contribution < -0.4 is 14.2 Å². The van der Waals surface area contributed by atoms with Gasteiger partial charge in [0.25, 0.3) is 0 Å². The minimum absolute atomic E-state index is 0.440. The van der Waals surface area contributed by atoms with Gasteiger partial charge in [-0.2, -0.15) is 0 Å². The number of hydrogen-bond donors (Lipinski definition) is 0. The second-order valence-corrected chi connectivity index (χ2v) is 5.59. The number of carbonyl (C=O) groups excluding carboxylic acids is 1. The summed E-state index contributed by atoms with van der Waals surface area (Å²) in [5.74, 6) is 1.84. The van der Waals surface area contributed by atoms with E-state index in [1.807, 2.05) is 18.2 Å². The first-order valence-corrected chi connectivity index (χ1v) is 7.75. The maximum atomic E-state index is 12.0. The predicted molar refractivity (Wildman–Crippen MR) is 94.7 cm³/mol. The van der Waals surface area contributed by atoms with Crippen molar-refractivity contribution in [3.63, 3.8) is 0 Å². The van der Waals surface area contributed by atoms with E-state index in [2.05, 4.69) is 13.8 Å². The van der Waals surface area contributed by atoms with Gasteiger partial charge in [-0.25, -0.2) is 4.79 Å². The second-order valence-electron chi connectivity index (χ2n) is 5.59. The van der Waals surface area contributed by atoms with Gasteiger partial charge in [0.05, 0.1) is 14.2 Å². The summed E-state index contributed by atoms with van der Waals surface area (Å²) in [6, 6.07) is 12.9. The molecule has 0 heterocycles. The minimum Gasteiger partial charge on any atom is -0.497 e. The van der Waals surface area contributed by atoms with Crippen LogP contribution in [0.5, 0.6) is 17.2 Å². The smallest absolute Gasteiger partial charge is 0.336 e. The van der Waals surface area contributed by atoms with Gasteiger partial charge in [-0.15, -0.1) is 0 Å². The van der Waals surface area contributed by atoms with Gasteiger partial charge in [0, 0.05) is 17.7 Å². The molecule has 4 nitrogen and oxygen atoms in total. The minimum atomic E-state index is -0.440. The van der Waals surface area contributed by atoms with E-state index in [0.717, 1.165) is 5.56 Å². The highest BCUT2D eigenvalue weighted by Crippen LogP contribution is 2.25. The molecule has 0 unspecified atom stereocenters. The van der Waals surface area contributed by atoms with E-state index in [4.69, 9.17) is 14.2 Å². The summed E-state index contributed by atoms with van der Waals surface area (Å²) in [5.41, 5.74) is 1.97. The molecule has 4 heteroatoms. The first-order chi connectivity index (χ1) is 11.5. The second kappa shape index (κ2) is 8.20. The van der Waals surface area contributed by atoms with Gasteiger partial charge >= 0.3 is 5.97 Å². The third kappa shape index (κ3) is 4.62. The van der Waals surface area contributed by atoms with Crippen molar-refractivity contribution in [1.82, 2.24) is 0 Å². The summed E-state index contributed by atoms with van der Waals surface area (Å²) in [6.45, 7) is 4.23. The summed E-state index contributed by atoms with van der Waals surface area (Å²) in [5, 5.41) is 0.